The van der Waals surface area contributed by atoms with Crippen LogP contribution >= 0.6 is 11.6 Å². The van der Waals surface area contributed by atoms with Crippen molar-refractivity contribution in [2.24, 2.45) is 14.1 Å². The van der Waals surface area contributed by atoms with Crippen LogP contribution in [0, 0.1) is 0 Å². The molecule has 0 bridgehead atoms. The van der Waals surface area contributed by atoms with E-state index in [2.05, 4.69) is 4.90 Å². The molecule has 9 nitrogen and oxygen atoms in total. The number of hydrogen-bond donors (Lipinski definition) is 0. The third-order valence-electron chi connectivity index (χ3n) is 6.67. The number of rotatable bonds is 5. The highest BCUT2D eigenvalue weighted by Gasteiger charge is 2.26. The van der Waals surface area contributed by atoms with Crippen molar-refractivity contribution in [2.75, 3.05) is 31.1 Å². The summed E-state index contributed by atoms with van der Waals surface area (Å²) in [5.74, 6) is 0.546. The lowest BCUT2D eigenvalue weighted by atomic mass is 10.2. The van der Waals surface area contributed by atoms with E-state index in [4.69, 9.17) is 16.6 Å². The van der Waals surface area contributed by atoms with Gasteiger partial charge in [-0.2, -0.15) is 4.98 Å². The standard InChI is InChI=1S/C27H27ClN6O3/c1-30-24-23(25(36)31(2)27(30)37)34(18-20-8-11-21(28)12-9-20)26(29-24)33-16-14-32(15-17-33)22(35)13-10-19-6-4-3-5-7-19/h3-13H,14-18H2,1-2H3/b13-10+. The van der Waals surface area contributed by atoms with Crippen LogP contribution in [0.2, 0.25) is 5.02 Å². The summed E-state index contributed by atoms with van der Waals surface area (Å²) in [6.45, 7) is 2.50. The molecule has 1 aliphatic rings. The average Bonchev–Trinajstić information content (AvgIpc) is 3.30. The summed E-state index contributed by atoms with van der Waals surface area (Å²) in [5.41, 5.74) is 1.78. The van der Waals surface area contributed by atoms with E-state index >= 15 is 0 Å². The summed E-state index contributed by atoms with van der Waals surface area (Å²) in [6, 6.07) is 17.1. The van der Waals surface area contributed by atoms with E-state index in [0.717, 1.165) is 15.7 Å². The van der Waals surface area contributed by atoms with Crippen LogP contribution in [0.5, 0.6) is 0 Å². The van der Waals surface area contributed by atoms with Crippen LogP contribution in [0.25, 0.3) is 17.2 Å². The largest absolute Gasteiger partial charge is 0.339 e. The minimum atomic E-state index is -0.430. The second-order valence-corrected chi connectivity index (χ2v) is 9.50. The van der Waals surface area contributed by atoms with E-state index in [0.29, 0.717) is 54.9 Å². The normalized spacial score (nSPS) is 14.1. The highest BCUT2D eigenvalue weighted by molar-refractivity contribution is 6.30. The molecule has 1 saturated heterocycles. The number of carbonyl (C=O) groups is 1. The maximum atomic E-state index is 13.2. The Kier molecular flexibility index (Phi) is 6.71. The fourth-order valence-corrected chi connectivity index (χ4v) is 4.69. The molecule has 4 aromatic rings. The Morgan fingerprint density at radius 3 is 2.30 bits per heavy atom. The van der Waals surface area contributed by atoms with E-state index in [1.807, 2.05) is 53.1 Å². The summed E-state index contributed by atoms with van der Waals surface area (Å²) < 4.78 is 4.35. The third-order valence-corrected chi connectivity index (χ3v) is 6.93. The smallest absolute Gasteiger partial charge is 0.332 e. The first-order valence-corrected chi connectivity index (χ1v) is 12.4. The molecule has 1 amide bonds. The Hall–Kier alpha value is -4.11. The number of benzene rings is 2. The van der Waals surface area contributed by atoms with Crippen LogP contribution in [0.3, 0.4) is 0 Å². The zero-order valence-corrected chi connectivity index (χ0v) is 21.4. The molecule has 0 spiro atoms. The monoisotopic (exact) mass is 518 g/mol. The molecular formula is C27H27ClN6O3. The highest BCUT2D eigenvalue weighted by Crippen LogP contribution is 2.23. The molecule has 3 heterocycles. The van der Waals surface area contributed by atoms with E-state index < -0.39 is 11.2 Å². The lowest BCUT2D eigenvalue weighted by Gasteiger charge is -2.35. The summed E-state index contributed by atoms with van der Waals surface area (Å²) >= 11 is 6.07. The number of piperazine rings is 1. The molecule has 2 aromatic carbocycles. The zero-order valence-electron chi connectivity index (χ0n) is 20.7. The van der Waals surface area contributed by atoms with Crippen molar-refractivity contribution >= 4 is 40.7 Å². The van der Waals surface area contributed by atoms with Crippen LogP contribution in [0.4, 0.5) is 5.95 Å². The molecule has 0 radical (unpaired) electrons. The zero-order chi connectivity index (χ0) is 26.1. The minimum Gasteiger partial charge on any atom is -0.339 e. The Labute approximate surface area is 218 Å². The Morgan fingerprint density at radius 1 is 0.946 bits per heavy atom. The van der Waals surface area contributed by atoms with Crippen molar-refractivity contribution in [1.82, 2.24) is 23.6 Å². The van der Waals surface area contributed by atoms with Gasteiger partial charge in [-0.3, -0.25) is 23.3 Å². The van der Waals surface area contributed by atoms with E-state index in [1.54, 1.807) is 30.2 Å². The maximum Gasteiger partial charge on any atom is 0.332 e. The highest BCUT2D eigenvalue weighted by atomic mass is 35.5. The number of imidazole rings is 1. The van der Waals surface area contributed by atoms with Gasteiger partial charge < -0.3 is 9.80 Å². The third kappa shape index (κ3) is 4.82. The van der Waals surface area contributed by atoms with Gasteiger partial charge in [-0.05, 0) is 29.3 Å². The van der Waals surface area contributed by atoms with Gasteiger partial charge >= 0.3 is 5.69 Å². The van der Waals surface area contributed by atoms with E-state index in [-0.39, 0.29) is 5.91 Å². The Bertz CT molecular complexity index is 1590. The van der Waals surface area contributed by atoms with Crippen LogP contribution in [0.15, 0.2) is 70.3 Å². The molecule has 0 N–H and O–H groups in total. The van der Waals surface area contributed by atoms with Gasteiger partial charge in [0.05, 0.1) is 6.54 Å². The van der Waals surface area contributed by atoms with Gasteiger partial charge in [0.25, 0.3) is 5.56 Å². The second-order valence-electron chi connectivity index (χ2n) is 9.06. The average molecular weight is 519 g/mol. The SMILES string of the molecule is Cn1c(=O)c2c(nc(N3CCN(C(=O)/C=C/c4ccccc4)CC3)n2Cc2ccc(Cl)cc2)n(C)c1=O. The molecule has 190 valence electrons. The summed E-state index contributed by atoms with van der Waals surface area (Å²) in [4.78, 5) is 47.1. The topological polar surface area (TPSA) is 85.4 Å². The van der Waals surface area contributed by atoms with Crippen LogP contribution in [-0.4, -0.2) is 55.7 Å². The van der Waals surface area contributed by atoms with Crippen molar-refractivity contribution in [3.05, 3.63) is 97.7 Å². The summed E-state index contributed by atoms with van der Waals surface area (Å²) in [7, 11) is 3.08. The molecule has 10 heteroatoms. The second kappa shape index (κ2) is 10.1. The van der Waals surface area contributed by atoms with Gasteiger partial charge in [0.1, 0.15) is 0 Å². The fraction of sp³-hybridized carbons (Fsp3) is 0.259. The van der Waals surface area contributed by atoms with Crippen molar-refractivity contribution in [2.45, 2.75) is 6.54 Å². The lowest BCUT2D eigenvalue weighted by Crippen LogP contribution is -2.49. The first kappa shape index (κ1) is 24.6. The van der Waals surface area contributed by atoms with Crippen molar-refractivity contribution in [3.8, 4) is 0 Å². The first-order chi connectivity index (χ1) is 17.8. The molecule has 0 atom stereocenters. The van der Waals surface area contributed by atoms with Gasteiger partial charge in [-0.25, -0.2) is 4.79 Å². The van der Waals surface area contributed by atoms with Gasteiger partial charge in [0, 0.05) is 51.4 Å². The minimum absolute atomic E-state index is 0.0468. The van der Waals surface area contributed by atoms with Crippen molar-refractivity contribution in [1.29, 1.82) is 0 Å². The number of fused-ring (bicyclic) bond motifs is 1. The first-order valence-electron chi connectivity index (χ1n) is 12.0. The Balaban J connectivity index is 1.45. The molecule has 2 aromatic heterocycles. The number of aryl methyl sites for hydroxylation is 1. The Morgan fingerprint density at radius 2 is 1.62 bits per heavy atom. The predicted octanol–water partition coefficient (Wildman–Crippen LogP) is 2.50. The van der Waals surface area contributed by atoms with Crippen LogP contribution in [-0.2, 0) is 25.4 Å². The van der Waals surface area contributed by atoms with Crippen LogP contribution < -0.4 is 16.1 Å². The molecule has 0 aliphatic carbocycles. The van der Waals surface area contributed by atoms with Gasteiger partial charge in [-0.1, -0.05) is 54.1 Å². The number of carbonyl (C=O) groups excluding carboxylic acids is 1. The predicted molar refractivity (Wildman–Crippen MR) is 145 cm³/mol. The van der Waals surface area contributed by atoms with Gasteiger partial charge in [0.15, 0.2) is 11.2 Å². The number of nitrogens with zero attached hydrogens (tertiary/aromatic N) is 6. The number of hydrogen-bond acceptors (Lipinski definition) is 5. The summed E-state index contributed by atoms with van der Waals surface area (Å²) in [5, 5.41) is 0.625. The van der Waals surface area contributed by atoms with E-state index in [1.165, 1.54) is 11.6 Å². The molecular weight excluding hydrogens is 492 g/mol. The fourth-order valence-electron chi connectivity index (χ4n) is 4.56. The maximum absolute atomic E-state index is 13.2. The van der Waals surface area contributed by atoms with Crippen molar-refractivity contribution in [3.63, 3.8) is 0 Å². The van der Waals surface area contributed by atoms with Gasteiger partial charge in [-0.15, -0.1) is 0 Å². The number of halogens is 1. The molecule has 5 rings (SSSR count). The van der Waals surface area contributed by atoms with Gasteiger partial charge in [0.2, 0.25) is 11.9 Å². The lowest BCUT2D eigenvalue weighted by molar-refractivity contribution is -0.126. The molecule has 0 unspecified atom stereocenters. The number of anilines is 1. The molecule has 0 saturated carbocycles. The van der Waals surface area contributed by atoms with Crippen LogP contribution in [0.1, 0.15) is 11.1 Å². The number of aromatic nitrogens is 4. The molecule has 1 aliphatic heterocycles. The molecule has 37 heavy (non-hydrogen) atoms. The van der Waals surface area contributed by atoms with E-state index in [9.17, 15) is 14.4 Å². The summed E-state index contributed by atoms with van der Waals surface area (Å²) in [6.07, 6.45) is 3.41. The quantitative estimate of drug-likeness (QED) is 0.379. The molecule has 1 fully saturated rings. The van der Waals surface area contributed by atoms with Crippen molar-refractivity contribution < 1.29 is 4.79 Å². The number of amides is 1.